The minimum absolute atomic E-state index is 0.0858. The lowest BCUT2D eigenvalue weighted by molar-refractivity contribution is -0.167. The van der Waals surface area contributed by atoms with E-state index in [0.29, 0.717) is 19.3 Å². The molecule has 0 amide bonds. The van der Waals surface area contributed by atoms with Crippen LogP contribution in [0.4, 0.5) is 0 Å². The van der Waals surface area contributed by atoms with Gasteiger partial charge in [-0.25, -0.2) is 0 Å². The SMILES string of the molecule is CC/C=C\C/C=C\C/C=C\C/C=C\C/C=C\C/C=C\C/C=C\CCCCCC(=O)OCC(COC(=O)CCCCCCCCCCCCCC)OC(=O)CCCCCCCCCCCCC/C=C\CCCCCCCCCC. The smallest absolute Gasteiger partial charge is 0.306 e. The molecule has 6 nitrogen and oxygen atoms in total. The zero-order valence-electron chi connectivity index (χ0n) is 51.4. The zero-order valence-corrected chi connectivity index (χ0v) is 51.4. The standard InChI is InChI=1S/C72H124O6/c1-4-7-10-13-16-19-22-25-27-29-31-33-35-36-38-39-41-43-45-47-50-53-56-59-62-65-71(74)77-68-69(67-76-70(73)64-61-58-55-52-49-24-21-18-15-12-9-6-3)78-72(75)66-63-60-57-54-51-48-46-44-42-40-37-34-32-30-28-26-23-20-17-14-11-8-5-2/h7,10,16,19,25,27,30-33,36,38,41,43,47,50,69H,4-6,8-9,11-15,17-18,20-24,26,28-29,34-35,37,39-40,42,44-46,48-49,51-68H2,1-3H3/b10-7-,19-16-,27-25-,32-30-,33-31-,38-36-,43-41-,50-47-. The Labute approximate surface area is 483 Å². The van der Waals surface area contributed by atoms with Gasteiger partial charge in [0, 0.05) is 19.3 Å². The van der Waals surface area contributed by atoms with Gasteiger partial charge in [0.15, 0.2) is 6.10 Å². The summed E-state index contributed by atoms with van der Waals surface area (Å²) in [6.45, 7) is 6.53. The zero-order chi connectivity index (χ0) is 56.4. The summed E-state index contributed by atoms with van der Waals surface area (Å²) in [6, 6.07) is 0. The van der Waals surface area contributed by atoms with Crippen molar-refractivity contribution in [2.24, 2.45) is 0 Å². The van der Waals surface area contributed by atoms with Gasteiger partial charge in [0.1, 0.15) is 13.2 Å². The van der Waals surface area contributed by atoms with Crippen LogP contribution in [0, 0.1) is 0 Å². The van der Waals surface area contributed by atoms with E-state index in [9.17, 15) is 14.4 Å². The molecule has 0 aliphatic heterocycles. The molecule has 6 heteroatoms. The minimum atomic E-state index is -0.792. The Morgan fingerprint density at radius 2 is 0.500 bits per heavy atom. The van der Waals surface area contributed by atoms with Gasteiger partial charge in [0.2, 0.25) is 0 Å². The summed E-state index contributed by atoms with van der Waals surface area (Å²) in [5, 5.41) is 0. The maximum atomic E-state index is 12.9. The highest BCUT2D eigenvalue weighted by Crippen LogP contribution is 2.16. The van der Waals surface area contributed by atoms with Gasteiger partial charge in [-0.3, -0.25) is 14.4 Å². The number of hydrogen-bond acceptors (Lipinski definition) is 6. The third-order valence-electron chi connectivity index (χ3n) is 14.3. The number of rotatable bonds is 60. The molecule has 0 aromatic carbocycles. The van der Waals surface area contributed by atoms with Crippen LogP contribution in [0.25, 0.3) is 0 Å². The first-order valence-corrected chi connectivity index (χ1v) is 33.2. The molecule has 0 heterocycles. The van der Waals surface area contributed by atoms with Crippen molar-refractivity contribution in [2.75, 3.05) is 13.2 Å². The van der Waals surface area contributed by atoms with Crippen molar-refractivity contribution in [1.82, 2.24) is 0 Å². The van der Waals surface area contributed by atoms with E-state index in [2.05, 4.69) is 118 Å². The van der Waals surface area contributed by atoms with Crippen LogP contribution < -0.4 is 0 Å². The summed E-state index contributed by atoms with van der Waals surface area (Å²) >= 11 is 0. The van der Waals surface area contributed by atoms with Crippen LogP contribution in [0.5, 0.6) is 0 Å². The van der Waals surface area contributed by atoms with E-state index in [0.717, 1.165) is 109 Å². The Morgan fingerprint density at radius 1 is 0.269 bits per heavy atom. The maximum absolute atomic E-state index is 12.9. The van der Waals surface area contributed by atoms with Gasteiger partial charge in [-0.15, -0.1) is 0 Å². The molecular formula is C72H124O6. The highest BCUT2D eigenvalue weighted by molar-refractivity contribution is 5.71. The van der Waals surface area contributed by atoms with Crippen LogP contribution in [0.1, 0.15) is 323 Å². The molecule has 0 radical (unpaired) electrons. The van der Waals surface area contributed by atoms with Gasteiger partial charge < -0.3 is 14.2 Å². The van der Waals surface area contributed by atoms with Crippen molar-refractivity contribution in [2.45, 2.75) is 329 Å². The van der Waals surface area contributed by atoms with Crippen molar-refractivity contribution >= 4 is 17.9 Å². The van der Waals surface area contributed by atoms with Crippen LogP contribution >= 0.6 is 0 Å². The van der Waals surface area contributed by atoms with Crippen LogP contribution in [0.15, 0.2) is 97.2 Å². The molecule has 0 aromatic heterocycles. The average molecular weight is 1090 g/mol. The van der Waals surface area contributed by atoms with Crippen molar-refractivity contribution in [3.63, 3.8) is 0 Å². The van der Waals surface area contributed by atoms with Crippen molar-refractivity contribution in [3.05, 3.63) is 97.2 Å². The van der Waals surface area contributed by atoms with Gasteiger partial charge in [0.25, 0.3) is 0 Å². The van der Waals surface area contributed by atoms with E-state index >= 15 is 0 Å². The second kappa shape index (κ2) is 65.8. The normalized spacial score (nSPS) is 12.7. The Bertz CT molecular complexity index is 1530. The van der Waals surface area contributed by atoms with Gasteiger partial charge in [-0.05, 0) is 103 Å². The molecule has 0 aliphatic carbocycles. The molecule has 0 saturated carbocycles. The summed E-state index contributed by atoms with van der Waals surface area (Å²) in [4.78, 5) is 38.3. The topological polar surface area (TPSA) is 78.9 Å². The summed E-state index contributed by atoms with van der Waals surface area (Å²) in [5.41, 5.74) is 0. The maximum Gasteiger partial charge on any atom is 0.306 e. The Morgan fingerprint density at radius 3 is 0.808 bits per heavy atom. The summed E-state index contributed by atoms with van der Waals surface area (Å²) in [5.74, 6) is -0.909. The lowest BCUT2D eigenvalue weighted by Crippen LogP contribution is -2.30. The molecule has 1 atom stereocenters. The summed E-state index contributed by atoms with van der Waals surface area (Å²) in [7, 11) is 0. The average Bonchev–Trinajstić information content (AvgIpc) is 3.44. The molecular weight excluding hydrogens is 961 g/mol. The predicted octanol–water partition coefficient (Wildman–Crippen LogP) is 22.8. The molecule has 0 aliphatic rings. The fourth-order valence-electron chi connectivity index (χ4n) is 9.36. The van der Waals surface area contributed by atoms with Crippen molar-refractivity contribution in [3.8, 4) is 0 Å². The minimum Gasteiger partial charge on any atom is -0.462 e. The van der Waals surface area contributed by atoms with Crippen molar-refractivity contribution < 1.29 is 28.6 Å². The first-order chi connectivity index (χ1) is 38.5. The summed E-state index contributed by atoms with van der Waals surface area (Å²) in [6.07, 6.45) is 88.5. The monoisotopic (exact) mass is 1080 g/mol. The Kier molecular flexibility index (Phi) is 62.7. The number of carbonyl (C=O) groups is 3. The van der Waals surface area contributed by atoms with Crippen LogP contribution in [-0.4, -0.2) is 37.2 Å². The van der Waals surface area contributed by atoms with E-state index in [1.54, 1.807) is 0 Å². The van der Waals surface area contributed by atoms with Crippen LogP contribution in [-0.2, 0) is 28.6 Å². The van der Waals surface area contributed by atoms with Gasteiger partial charge >= 0.3 is 17.9 Å². The van der Waals surface area contributed by atoms with E-state index in [-0.39, 0.29) is 31.1 Å². The Balaban J connectivity index is 4.36. The molecule has 1 unspecified atom stereocenters. The molecule has 0 fully saturated rings. The molecule has 0 saturated heterocycles. The number of ether oxygens (including phenoxy) is 3. The second-order valence-corrected chi connectivity index (χ2v) is 22.0. The van der Waals surface area contributed by atoms with Crippen LogP contribution in [0.2, 0.25) is 0 Å². The van der Waals surface area contributed by atoms with E-state index in [4.69, 9.17) is 14.2 Å². The van der Waals surface area contributed by atoms with Gasteiger partial charge in [-0.2, -0.15) is 0 Å². The van der Waals surface area contributed by atoms with E-state index < -0.39 is 6.10 Å². The van der Waals surface area contributed by atoms with E-state index in [1.165, 1.54) is 173 Å². The third kappa shape index (κ3) is 63.2. The lowest BCUT2D eigenvalue weighted by Gasteiger charge is -2.18. The molecule has 0 aromatic rings. The molecule has 448 valence electrons. The number of unbranched alkanes of at least 4 members (excludes halogenated alkanes) is 33. The predicted molar refractivity (Wildman–Crippen MR) is 339 cm³/mol. The number of allylic oxidation sites excluding steroid dienone is 16. The Hall–Kier alpha value is -3.67. The molecule has 78 heavy (non-hydrogen) atoms. The van der Waals surface area contributed by atoms with Crippen molar-refractivity contribution in [1.29, 1.82) is 0 Å². The highest BCUT2D eigenvalue weighted by atomic mass is 16.6. The lowest BCUT2D eigenvalue weighted by atomic mass is 10.0. The van der Waals surface area contributed by atoms with Crippen LogP contribution in [0.3, 0.4) is 0 Å². The number of esters is 3. The molecule has 0 bridgehead atoms. The quantitative estimate of drug-likeness (QED) is 0.0261. The van der Waals surface area contributed by atoms with Gasteiger partial charge in [-0.1, -0.05) is 298 Å². The fourth-order valence-corrected chi connectivity index (χ4v) is 9.36. The number of hydrogen-bond donors (Lipinski definition) is 0. The number of carbonyl (C=O) groups excluding carboxylic acids is 3. The third-order valence-corrected chi connectivity index (χ3v) is 14.3. The molecule has 0 rings (SSSR count). The largest absolute Gasteiger partial charge is 0.462 e. The first kappa shape index (κ1) is 74.3. The first-order valence-electron chi connectivity index (χ1n) is 33.2. The van der Waals surface area contributed by atoms with Gasteiger partial charge in [0.05, 0.1) is 0 Å². The molecule has 0 N–H and O–H groups in total. The van der Waals surface area contributed by atoms with E-state index in [1.807, 2.05) is 0 Å². The summed E-state index contributed by atoms with van der Waals surface area (Å²) < 4.78 is 16.9. The second-order valence-electron chi connectivity index (χ2n) is 22.0. The highest BCUT2D eigenvalue weighted by Gasteiger charge is 2.19. The fraction of sp³-hybridized carbons (Fsp3) is 0.736. The molecule has 0 spiro atoms.